The molecule has 3 nitrogen and oxygen atoms in total. The lowest BCUT2D eigenvalue weighted by atomic mass is 9.90. The summed E-state index contributed by atoms with van der Waals surface area (Å²) in [6.45, 7) is 6.22. The second-order valence-corrected chi connectivity index (χ2v) is 6.79. The van der Waals surface area contributed by atoms with E-state index in [0.29, 0.717) is 13.0 Å². The predicted molar refractivity (Wildman–Crippen MR) is 111 cm³/mol. The molecule has 26 heavy (non-hydrogen) atoms. The molecule has 2 aromatic rings. The number of rotatable bonds is 6. The molecule has 0 radical (unpaired) electrons. The molecule has 0 aromatic heterocycles. The summed E-state index contributed by atoms with van der Waals surface area (Å²) in [6.07, 6.45) is 4.08. The first kappa shape index (κ1) is 21.8. The monoisotopic (exact) mass is 371 g/mol. The molecule has 0 amide bonds. The van der Waals surface area contributed by atoms with E-state index < -0.39 is 11.4 Å². The van der Waals surface area contributed by atoms with E-state index >= 15 is 0 Å². The van der Waals surface area contributed by atoms with Gasteiger partial charge in [-0.05, 0) is 43.2 Å². The van der Waals surface area contributed by atoms with Gasteiger partial charge in [0, 0.05) is 19.0 Å². The quantitative estimate of drug-likeness (QED) is 0.704. The largest absolute Gasteiger partial charge is 0.481 e. The highest BCUT2D eigenvalue weighted by atomic mass is 35.5. The number of benzene rings is 2. The van der Waals surface area contributed by atoms with E-state index in [2.05, 4.69) is 66.5 Å². The molecule has 0 aliphatic heterocycles. The Bertz CT molecular complexity index is 825. The van der Waals surface area contributed by atoms with Crippen molar-refractivity contribution in [1.29, 1.82) is 0 Å². The minimum absolute atomic E-state index is 0. The standard InChI is InChI=1S/C22H25NO2.ClH/c1-17(19-14-10-12-18-11-6-7-13-20(18)19)23-16-9-5-4-8-15-22(2,3)21(24)25;/h5-7,9-14,17,23H,15-16H2,1-3H3,(H,24,25);1H/t17-;/m1./s1. The highest BCUT2D eigenvalue weighted by Gasteiger charge is 2.25. The Morgan fingerprint density at radius 2 is 1.92 bits per heavy atom. The Labute approximate surface area is 161 Å². The number of hydrogen-bond acceptors (Lipinski definition) is 2. The number of nitrogens with one attached hydrogen (secondary N) is 1. The van der Waals surface area contributed by atoms with Gasteiger partial charge < -0.3 is 10.4 Å². The van der Waals surface area contributed by atoms with Crippen LogP contribution in [-0.4, -0.2) is 17.6 Å². The molecule has 0 spiro atoms. The average Bonchev–Trinajstić information content (AvgIpc) is 2.60. The van der Waals surface area contributed by atoms with E-state index in [1.165, 1.54) is 16.3 Å². The van der Waals surface area contributed by atoms with E-state index in [-0.39, 0.29) is 18.4 Å². The maximum absolute atomic E-state index is 11.0. The summed E-state index contributed by atoms with van der Waals surface area (Å²) in [5, 5.41) is 15.0. The van der Waals surface area contributed by atoms with Crippen LogP contribution >= 0.6 is 12.4 Å². The number of halogens is 1. The van der Waals surface area contributed by atoms with E-state index in [1.54, 1.807) is 19.9 Å². The van der Waals surface area contributed by atoms with Crippen molar-refractivity contribution < 1.29 is 9.90 Å². The summed E-state index contributed by atoms with van der Waals surface area (Å²) >= 11 is 0. The maximum atomic E-state index is 11.0. The molecule has 0 bridgehead atoms. The smallest absolute Gasteiger partial charge is 0.310 e. The van der Waals surface area contributed by atoms with Gasteiger partial charge in [-0.2, -0.15) is 0 Å². The van der Waals surface area contributed by atoms with Crippen LogP contribution in [0, 0.1) is 17.3 Å². The van der Waals surface area contributed by atoms with Crippen LogP contribution < -0.4 is 5.32 Å². The molecule has 1 atom stereocenters. The van der Waals surface area contributed by atoms with Gasteiger partial charge in [0.1, 0.15) is 0 Å². The van der Waals surface area contributed by atoms with Gasteiger partial charge in [0.25, 0.3) is 0 Å². The Balaban J connectivity index is 0.00000338. The van der Waals surface area contributed by atoms with Crippen molar-refractivity contribution in [2.45, 2.75) is 33.2 Å². The lowest BCUT2D eigenvalue weighted by Gasteiger charge is -2.15. The molecular formula is C22H26ClNO2. The van der Waals surface area contributed by atoms with Crippen LogP contribution in [0.3, 0.4) is 0 Å². The lowest BCUT2D eigenvalue weighted by Crippen LogP contribution is -2.22. The zero-order valence-electron chi connectivity index (χ0n) is 15.5. The summed E-state index contributed by atoms with van der Waals surface area (Å²) in [4.78, 5) is 11.0. The third kappa shape index (κ3) is 5.91. The first-order valence-corrected chi connectivity index (χ1v) is 8.49. The molecule has 0 heterocycles. The lowest BCUT2D eigenvalue weighted by molar-refractivity contribution is -0.146. The van der Waals surface area contributed by atoms with Crippen LogP contribution in [0.25, 0.3) is 10.8 Å². The van der Waals surface area contributed by atoms with Crippen LogP contribution in [0.1, 0.15) is 38.8 Å². The third-order valence-corrected chi connectivity index (χ3v) is 4.24. The van der Waals surface area contributed by atoms with Crippen molar-refractivity contribution in [1.82, 2.24) is 5.32 Å². The van der Waals surface area contributed by atoms with Gasteiger partial charge in [0.2, 0.25) is 0 Å². The number of hydrogen-bond donors (Lipinski definition) is 2. The van der Waals surface area contributed by atoms with Crippen LogP contribution in [0.4, 0.5) is 0 Å². The first-order valence-electron chi connectivity index (χ1n) is 8.49. The van der Waals surface area contributed by atoms with Gasteiger partial charge in [-0.25, -0.2) is 0 Å². The molecule has 0 aliphatic carbocycles. The molecule has 2 aromatic carbocycles. The minimum Gasteiger partial charge on any atom is -0.481 e. The van der Waals surface area contributed by atoms with Crippen LogP contribution in [0.15, 0.2) is 54.6 Å². The highest BCUT2D eigenvalue weighted by molar-refractivity contribution is 5.86. The van der Waals surface area contributed by atoms with Crippen molar-refractivity contribution in [3.63, 3.8) is 0 Å². The zero-order valence-corrected chi connectivity index (χ0v) is 16.3. The fraction of sp³-hybridized carbons (Fsp3) is 0.318. The molecule has 2 rings (SSSR count). The second-order valence-electron chi connectivity index (χ2n) is 6.79. The normalized spacial score (nSPS) is 12.3. The molecule has 0 unspecified atom stereocenters. The molecule has 0 fully saturated rings. The van der Waals surface area contributed by atoms with Crippen LogP contribution in [0.2, 0.25) is 0 Å². The Kier molecular flexibility index (Phi) is 8.38. The summed E-state index contributed by atoms with van der Waals surface area (Å²) in [6, 6.07) is 15.0. The fourth-order valence-electron chi connectivity index (χ4n) is 2.51. The summed E-state index contributed by atoms with van der Waals surface area (Å²) in [7, 11) is 0. The fourth-order valence-corrected chi connectivity index (χ4v) is 2.51. The van der Waals surface area contributed by atoms with Gasteiger partial charge in [-0.1, -0.05) is 60.4 Å². The Hall–Kier alpha value is -2.28. The van der Waals surface area contributed by atoms with Gasteiger partial charge in [0.05, 0.1) is 5.41 Å². The van der Waals surface area contributed by atoms with Crippen molar-refractivity contribution in [2.75, 3.05) is 6.54 Å². The molecule has 0 saturated carbocycles. The Morgan fingerprint density at radius 1 is 1.23 bits per heavy atom. The molecule has 0 aliphatic rings. The van der Waals surface area contributed by atoms with E-state index in [1.807, 2.05) is 6.08 Å². The van der Waals surface area contributed by atoms with Gasteiger partial charge in [-0.3, -0.25) is 4.79 Å². The van der Waals surface area contributed by atoms with Crippen LogP contribution in [-0.2, 0) is 4.79 Å². The third-order valence-electron chi connectivity index (χ3n) is 4.24. The number of allylic oxidation sites excluding steroid dienone is 1. The molecule has 2 N–H and O–H groups in total. The number of carboxylic acids is 1. The summed E-state index contributed by atoms with van der Waals surface area (Å²) < 4.78 is 0. The predicted octanol–water partition coefficient (Wildman–Crippen LogP) is 4.97. The summed E-state index contributed by atoms with van der Waals surface area (Å²) in [5.74, 6) is 4.99. The highest BCUT2D eigenvalue weighted by Crippen LogP contribution is 2.23. The molecule has 4 heteroatoms. The van der Waals surface area contributed by atoms with Crippen LogP contribution in [0.5, 0.6) is 0 Å². The SMILES string of the molecule is C[C@@H](NCC=CC#CCC(C)(C)C(=O)O)c1cccc2ccccc12.Cl. The molecule has 0 saturated heterocycles. The van der Waals surface area contributed by atoms with E-state index in [4.69, 9.17) is 5.11 Å². The van der Waals surface area contributed by atoms with E-state index in [9.17, 15) is 4.79 Å². The number of fused-ring (bicyclic) bond motifs is 1. The van der Waals surface area contributed by atoms with Gasteiger partial charge in [0.15, 0.2) is 0 Å². The number of aliphatic carboxylic acids is 1. The average molecular weight is 372 g/mol. The first-order chi connectivity index (χ1) is 11.9. The van der Waals surface area contributed by atoms with Crippen molar-refractivity contribution in [3.8, 4) is 11.8 Å². The summed E-state index contributed by atoms with van der Waals surface area (Å²) in [5.41, 5.74) is 0.475. The van der Waals surface area contributed by atoms with Crippen molar-refractivity contribution in [2.24, 2.45) is 5.41 Å². The van der Waals surface area contributed by atoms with Crippen molar-refractivity contribution >= 4 is 29.1 Å². The van der Waals surface area contributed by atoms with Crippen molar-refractivity contribution in [3.05, 3.63) is 60.2 Å². The number of carboxylic acid groups (broad SMARTS) is 1. The minimum atomic E-state index is -0.823. The zero-order chi connectivity index (χ0) is 18.3. The second kappa shape index (κ2) is 10.0. The van der Waals surface area contributed by atoms with E-state index in [0.717, 1.165) is 0 Å². The maximum Gasteiger partial charge on any atom is 0.310 e. The number of carbonyl (C=O) groups is 1. The van der Waals surface area contributed by atoms with Gasteiger partial charge >= 0.3 is 5.97 Å². The Morgan fingerprint density at radius 3 is 2.65 bits per heavy atom. The topological polar surface area (TPSA) is 49.3 Å². The van der Waals surface area contributed by atoms with Gasteiger partial charge in [-0.15, -0.1) is 12.4 Å². The molecule has 138 valence electrons. The molecular weight excluding hydrogens is 346 g/mol.